The van der Waals surface area contributed by atoms with E-state index < -0.39 is 0 Å². The van der Waals surface area contributed by atoms with E-state index in [0.29, 0.717) is 0 Å². The Labute approximate surface area is 109 Å². The van der Waals surface area contributed by atoms with Gasteiger partial charge in [-0.05, 0) is 43.5 Å². The monoisotopic (exact) mass is 246 g/mol. The first kappa shape index (κ1) is 13.1. The molecule has 0 aliphatic carbocycles. The number of aryl methyl sites for hydroxylation is 1. The molecule has 3 heteroatoms. The van der Waals surface area contributed by atoms with Gasteiger partial charge < -0.3 is 10.2 Å². The van der Waals surface area contributed by atoms with Crippen LogP contribution in [0.5, 0.6) is 0 Å². The van der Waals surface area contributed by atoms with Crippen molar-refractivity contribution in [1.82, 2.24) is 5.32 Å². The van der Waals surface area contributed by atoms with Gasteiger partial charge in [0.25, 0.3) is 0 Å². The Bertz CT molecular complexity index is 393. The summed E-state index contributed by atoms with van der Waals surface area (Å²) in [5, 5.41) is 3.25. The average molecular weight is 246 g/mol. The second kappa shape index (κ2) is 6.01. The first-order chi connectivity index (χ1) is 8.72. The Morgan fingerprint density at radius 1 is 1.39 bits per heavy atom. The molecule has 1 N–H and O–H groups in total. The summed E-state index contributed by atoms with van der Waals surface area (Å²) in [7, 11) is 1.86. The van der Waals surface area contributed by atoms with Crippen LogP contribution in [0.3, 0.4) is 0 Å². The number of amides is 1. The fraction of sp³-hybridized carbons (Fsp3) is 0.533. The van der Waals surface area contributed by atoms with Crippen molar-refractivity contribution in [3.8, 4) is 0 Å². The Kier molecular flexibility index (Phi) is 4.37. The minimum atomic E-state index is 0.00492. The van der Waals surface area contributed by atoms with Crippen molar-refractivity contribution in [2.24, 2.45) is 0 Å². The number of anilines is 1. The number of benzene rings is 1. The van der Waals surface area contributed by atoms with Crippen LogP contribution in [0.1, 0.15) is 31.7 Å². The number of likely N-dealkylation sites (N-methyl/N-ethyl adjacent to an activating group) is 1. The Morgan fingerprint density at radius 3 is 2.67 bits per heavy atom. The zero-order valence-corrected chi connectivity index (χ0v) is 11.3. The highest BCUT2D eigenvalue weighted by Crippen LogP contribution is 2.17. The lowest BCUT2D eigenvalue weighted by Gasteiger charge is -2.21. The number of hydrogen-bond donors (Lipinski definition) is 1. The molecule has 1 amide bonds. The molecule has 0 radical (unpaired) electrons. The third kappa shape index (κ3) is 2.91. The molecule has 98 valence electrons. The quantitative estimate of drug-likeness (QED) is 0.884. The molecule has 0 saturated carbocycles. The van der Waals surface area contributed by atoms with Crippen LogP contribution in [0.15, 0.2) is 24.3 Å². The maximum Gasteiger partial charge on any atom is 0.243 e. The van der Waals surface area contributed by atoms with E-state index in [1.54, 1.807) is 4.90 Å². The van der Waals surface area contributed by atoms with Crippen molar-refractivity contribution in [2.45, 2.75) is 38.6 Å². The molecule has 0 aromatic heterocycles. The SMILES string of the molecule is CCCc1ccc(N(C)C(=O)C2CCCN2)cc1. The second-order valence-corrected chi connectivity index (χ2v) is 4.96. The van der Waals surface area contributed by atoms with Gasteiger partial charge in [0.1, 0.15) is 0 Å². The maximum absolute atomic E-state index is 12.2. The molecular weight excluding hydrogens is 224 g/mol. The summed E-state index contributed by atoms with van der Waals surface area (Å²) in [6.45, 7) is 3.13. The van der Waals surface area contributed by atoms with Crippen molar-refractivity contribution in [2.75, 3.05) is 18.5 Å². The predicted molar refractivity (Wildman–Crippen MR) is 74.9 cm³/mol. The smallest absolute Gasteiger partial charge is 0.243 e. The van der Waals surface area contributed by atoms with Gasteiger partial charge in [-0.1, -0.05) is 25.5 Å². The van der Waals surface area contributed by atoms with E-state index >= 15 is 0 Å². The van der Waals surface area contributed by atoms with Crippen LogP contribution in [-0.4, -0.2) is 25.5 Å². The number of carbonyl (C=O) groups is 1. The van der Waals surface area contributed by atoms with Gasteiger partial charge in [-0.2, -0.15) is 0 Å². The number of nitrogens with zero attached hydrogens (tertiary/aromatic N) is 1. The molecule has 1 aromatic rings. The summed E-state index contributed by atoms with van der Waals surface area (Å²) in [5.74, 6) is 0.177. The van der Waals surface area contributed by atoms with Gasteiger partial charge in [-0.3, -0.25) is 4.79 Å². The highest BCUT2D eigenvalue weighted by atomic mass is 16.2. The normalized spacial score (nSPS) is 18.9. The van der Waals surface area contributed by atoms with Gasteiger partial charge in [0.05, 0.1) is 6.04 Å². The topological polar surface area (TPSA) is 32.3 Å². The molecule has 0 bridgehead atoms. The zero-order chi connectivity index (χ0) is 13.0. The predicted octanol–water partition coefficient (Wildman–Crippen LogP) is 2.35. The van der Waals surface area contributed by atoms with Crippen molar-refractivity contribution < 1.29 is 4.79 Å². The van der Waals surface area contributed by atoms with Gasteiger partial charge >= 0.3 is 0 Å². The molecule has 1 atom stereocenters. The molecule has 1 aliphatic rings. The van der Waals surface area contributed by atoms with Gasteiger partial charge in [0.2, 0.25) is 5.91 Å². The van der Waals surface area contributed by atoms with Crippen molar-refractivity contribution in [3.63, 3.8) is 0 Å². The molecule has 1 aliphatic heterocycles. The molecule has 1 aromatic carbocycles. The van der Waals surface area contributed by atoms with Gasteiger partial charge in [0.15, 0.2) is 0 Å². The molecule has 0 spiro atoms. The van der Waals surface area contributed by atoms with Crippen LogP contribution in [-0.2, 0) is 11.2 Å². The Hall–Kier alpha value is -1.35. The highest BCUT2D eigenvalue weighted by molar-refractivity contribution is 5.96. The molecule has 1 heterocycles. The lowest BCUT2D eigenvalue weighted by atomic mass is 10.1. The van der Waals surface area contributed by atoms with Crippen molar-refractivity contribution >= 4 is 11.6 Å². The van der Waals surface area contributed by atoms with E-state index in [9.17, 15) is 4.79 Å². The number of rotatable bonds is 4. The largest absolute Gasteiger partial charge is 0.314 e. The summed E-state index contributed by atoms with van der Waals surface area (Å²) in [4.78, 5) is 14.0. The average Bonchev–Trinajstić information content (AvgIpc) is 2.92. The number of hydrogen-bond acceptors (Lipinski definition) is 2. The van der Waals surface area contributed by atoms with Crippen molar-refractivity contribution in [1.29, 1.82) is 0 Å². The zero-order valence-electron chi connectivity index (χ0n) is 11.3. The fourth-order valence-electron chi connectivity index (χ4n) is 2.43. The van der Waals surface area contributed by atoms with Crippen LogP contribution >= 0.6 is 0 Å². The Balaban J connectivity index is 2.03. The summed E-state index contributed by atoms with van der Waals surface area (Å²) in [6, 6.07) is 8.32. The summed E-state index contributed by atoms with van der Waals surface area (Å²) < 4.78 is 0. The summed E-state index contributed by atoms with van der Waals surface area (Å²) in [6.07, 6.45) is 4.30. The minimum Gasteiger partial charge on any atom is -0.314 e. The minimum absolute atomic E-state index is 0.00492. The highest BCUT2D eigenvalue weighted by Gasteiger charge is 2.25. The van der Waals surface area contributed by atoms with E-state index in [2.05, 4.69) is 24.4 Å². The lowest BCUT2D eigenvalue weighted by Crippen LogP contribution is -2.41. The molecule has 1 fully saturated rings. The molecule has 18 heavy (non-hydrogen) atoms. The maximum atomic E-state index is 12.2. The van der Waals surface area contributed by atoms with Crippen LogP contribution in [0.2, 0.25) is 0 Å². The van der Waals surface area contributed by atoms with E-state index in [1.165, 1.54) is 5.56 Å². The van der Waals surface area contributed by atoms with E-state index in [-0.39, 0.29) is 11.9 Å². The molecule has 1 unspecified atom stereocenters. The van der Waals surface area contributed by atoms with E-state index in [4.69, 9.17) is 0 Å². The second-order valence-electron chi connectivity index (χ2n) is 4.96. The lowest BCUT2D eigenvalue weighted by molar-refractivity contribution is -0.119. The van der Waals surface area contributed by atoms with Crippen LogP contribution in [0.4, 0.5) is 5.69 Å². The van der Waals surface area contributed by atoms with Crippen LogP contribution in [0, 0.1) is 0 Å². The molecule has 2 rings (SSSR count). The molecule has 3 nitrogen and oxygen atoms in total. The van der Waals surface area contributed by atoms with Gasteiger partial charge in [-0.25, -0.2) is 0 Å². The third-order valence-electron chi connectivity index (χ3n) is 3.55. The van der Waals surface area contributed by atoms with Gasteiger partial charge in [0, 0.05) is 12.7 Å². The molecule has 1 saturated heterocycles. The first-order valence-corrected chi connectivity index (χ1v) is 6.82. The Morgan fingerprint density at radius 2 is 2.11 bits per heavy atom. The van der Waals surface area contributed by atoms with Crippen molar-refractivity contribution in [3.05, 3.63) is 29.8 Å². The summed E-state index contributed by atoms with van der Waals surface area (Å²) >= 11 is 0. The molecular formula is C15H22N2O. The first-order valence-electron chi connectivity index (χ1n) is 6.82. The third-order valence-corrected chi connectivity index (χ3v) is 3.55. The van der Waals surface area contributed by atoms with Crippen LogP contribution in [0.25, 0.3) is 0 Å². The number of nitrogens with one attached hydrogen (secondary N) is 1. The number of carbonyl (C=O) groups excluding carboxylic acids is 1. The van der Waals surface area contributed by atoms with E-state index in [1.807, 2.05) is 19.2 Å². The van der Waals surface area contributed by atoms with Crippen LogP contribution < -0.4 is 10.2 Å². The fourth-order valence-corrected chi connectivity index (χ4v) is 2.43. The van der Waals surface area contributed by atoms with Gasteiger partial charge in [-0.15, -0.1) is 0 Å². The standard InChI is InChI=1S/C15H22N2O/c1-3-5-12-7-9-13(10-8-12)17(2)15(18)14-6-4-11-16-14/h7-10,14,16H,3-6,11H2,1-2H3. The summed E-state index contributed by atoms with van der Waals surface area (Å²) in [5.41, 5.74) is 2.31. The van der Waals surface area contributed by atoms with E-state index in [0.717, 1.165) is 37.9 Å².